The summed E-state index contributed by atoms with van der Waals surface area (Å²) in [4.78, 5) is 22.1. The van der Waals surface area contributed by atoms with Gasteiger partial charge in [0.05, 0.1) is 17.5 Å². The molecule has 2 aromatic heterocycles. The van der Waals surface area contributed by atoms with Gasteiger partial charge < -0.3 is 15.4 Å². The Kier molecular flexibility index (Phi) is 6.38. The number of hydrogen-bond donors (Lipinski definition) is 1. The lowest BCUT2D eigenvalue weighted by molar-refractivity contribution is -0.125. The quantitative estimate of drug-likeness (QED) is 0.179. The first-order valence-electron chi connectivity index (χ1n) is 11.2. The number of nitriles is 1. The molecule has 1 unspecified atom stereocenters. The van der Waals surface area contributed by atoms with E-state index in [1.807, 2.05) is 0 Å². The number of halogens is 4. The van der Waals surface area contributed by atoms with Crippen molar-refractivity contribution in [1.82, 2.24) is 24.6 Å². The van der Waals surface area contributed by atoms with E-state index in [-0.39, 0.29) is 46.7 Å². The van der Waals surface area contributed by atoms with Crippen LogP contribution >= 0.6 is 0 Å². The Bertz CT molecular complexity index is 1650. The van der Waals surface area contributed by atoms with Crippen molar-refractivity contribution < 1.29 is 27.1 Å². The van der Waals surface area contributed by atoms with E-state index in [0.717, 1.165) is 12.1 Å². The molecule has 0 aliphatic carbocycles. The number of rotatable bonds is 5. The summed E-state index contributed by atoms with van der Waals surface area (Å²) >= 11 is 0. The minimum atomic E-state index is -1.45. The highest BCUT2D eigenvalue weighted by molar-refractivity contribution is 5.98. The Hall–Kier alpha value is -4.99. The van der Waals surface area contributed by atoms with Gasteiger partial charge >= 0.3 is 0 Å². The summed E-state index contributed by atoms with van der Waals surface area (Å²) in [5.74, 6) is -5.98. The average Bonchev–Trinajstić information content (AvgIpc) is 3.52. The molecular weight excluding hydrogens is 506 g/mol. The van der Waals surface area contributed by atoms with Crippen molar-refractivity contribution in [2.45, 2.75) is 12.5 Å². The number of ether oxygens (including phenoxy) is 1. The molecule has 0 spiro atoms. The smallest absolute Gasteiger partial charge is 0.247 e. The van der Waals surface area contributed by atoms with Gasteiger partial charge in [0.15, 0.2) is 17.2 Å². The van der Waals surface area contributed by atoms with Crippen LogP contribution in [-0.2, 0) is 4.79 Å². The predicted octanol–water partition coefficient (Wildman–Crippen LogP) is 4.28. The Morgan fingerprint density at radius 3 is 2.74 bits per heavy atom. The molecule has 1 aliphatic rings. The average molecular weight is 523 g/mol. The second kappa shape index (κ2) is 9.81. The Labute approximate surface area is 212 Å². The van der Waals surface area contributed by atoms with Gasteiger partial charge in [-0.25, -0.2) is 27.8 Å². The van der Waals surface area contributed by atoms with E-state index in [1.165, 1.54) is 24.5 Å². The summed E-state index contributed by atoms with van der Waals surface area (Å²) in [6, 6.07) is 5.97. The van der Waals surface area contributed by atoms with Crippen LogP contribution in [0, 0.1) is 34.6 Å². The first-order valence-corrected chi connectivity index (χ1v) is 11.2. The lowest BCUT2D eigenvalue weighted by Gasteiger charge is -2.14. The number of nitrogens with zero attached hydrogens (tertiary/aromatic N) is 6. The van der Waals surface area contributed by atoms with Gasteiger partial charge in [-0.1, -0.05) is 0 Å². The SMILES string of the molecule is N#C/C=C\C(=O)N1CCC(n2nc(-c3ccc(Oc4cc(F)cc(F)c4F)cc3F)c3c(N)ncnc32)C1. The fourth-order valence-electron chi connectivity index (χ4n) is 4.28. The lowest BCUT2D eigenvalue weighted by Crippen LogP contribution is -2.27. The van der Waals surface area contributed by atoms with E-state index >= 15 is 4.39 Å². The third kappa shape index (κ3) is 4.47. The zero-order valence-electron chi connectivity index (χ0n) is 19.4. The van der Waals surface area contributed by atoms with E-state index < -0.39 is 29.0 Å². The molecule has 1 fully saturated rings. The van der Waals surface area contributed by atoms with Crippen molar-refractivity contribution >= 4 is 22.8 Å². The number of likely N-dealkylation sites (tertiary alicyclic amines) is 1. The molecule has 5 rings (SSSR count). The number of carbonyl (C=O) groups is 1. The molecule has 192 valence electrons. The summed E-state index contributed by atoms with van der Waals surface area (Å²) in [6.07, 6.45) is 4.04. The highest BCUT2D eigenvalue weighted by Gasteiger charge is 2.30. The van der Waals surface area contributed by atoms with E-state index in [0.29, 0.717) is 30.7 Å². The van der Waals surface area contributed by atoms with Crippen LogP contribution in [0.2, 0.25) is 0 Å². The van der Waals surface area contributed by atoms with Gasteiger partial charge in [-0.2, -0.15) is 14.8 Å². The first-order chi connectivity index (χ1) is 18.3. The molecule has 1 atom stereocenters. The van der Waals surface area contributed by atoms with Crippen molar-refractivity contribution in [3.8, 4) is 28.8 Å². The molecule has 9 nitrogen and oxygen atoms in total. The van der Waals surface area contributed by atoms with E-state index in [1.54, 1.807) is 15.7 Å². The molecule has 1 amide bonds. The standard InChI is InChI=1S/C25H17F4N7O2/c26-13-8-18(28)22(29)19(9-13)38-15-3-4-16(17(27)10-15)23-21-24(31)32-12-33-25(21)36(34-23)14-5-7-35(11-14)20(37)2-1-6-30/h1-4,8-10,12,14H,5,7,11H2,(H2,31,32,33)/b2-1-. The molecule has 13 heteroatoms. The molecule has 2 aromatic carbocycles. The van der Waals surface area contributed by atoms with Gasteiger partial charge in [0.1, 0.15) is 35.2 Å². The predicted molar refractivity (Wildman–Crippen MR) is 127 cm³/mol. The van der Waals surface area contributed by atoms with E-state index in [2.05, 4.69) is 15.1 Å². The summed E-state index contributed by atoms with van der Waals surface area (Å²) in [6.45, 7) is 0.688. The maximum Gasteiger partial charge on any atom is 0.247 e. The molecule has 4 aromatic rings. The molecule has 0 radical (unpaired) electrons. The number of carbonyl (C=O) groups excluding carboxylic acids is 1. The van der Waals surface area contributed by atoms with Gasteiger partial charge in [0.25, 0.3) is 0 Å². The number of aromatic nitrogens is 4. The maximum atomic E-state index is 15.3. The van der Waals surface area contributed by atoms with Crippen LogP contribution in [0.3, 0.4) is 0 Å². The maximum absolute atomic E-state index is 15.3. The number of fused-ring (bicyclic) bond motifs is 1. The van der Waals surface area contributed by atoms with Gasteiger partial charge in [-0.05, 0) is 18.6 Å². The number of hydrogen-bond acceptors (Lipinski definition) is 7. The van der Waals surface area contributed by atoms with Crippen LogP contribution in [0.25, 0.3) is 22.3 Å². The summed E-state index contributed by atoms with van der Waals surface area (Å²) < 4.78 is 63.0. The first kappa shape index (κ1) is 24.7. The zero-order valence-corrected chi connectivity index (χ0v) is 19.4. The molecular formula is C25H17F4N7O2. The molecule has 2 N–H and O–H groups in total. The number of amides is 1. The number of allylic oxidation sites excluding steroid dienone is 1. The van der Waals surface area contributed by atoms with Gasteiger partial charge in [0.2, 0.25) is 11.7 Å². The monoisotopic (exact) mass is 523 g/mol. The topological polar surface area (TPSA) is 123 Å². The van der Waals surface area contributed by atoms with Gasteiger partial charge in [-0.15, -0.1) is 0 Å². The highest BCUT2D eigenvalue weighted by Crippen LogP contribution is 2.37. The number of nitrogen functional groups attached to an aromatic ring is 1. The van der Waals surface area contributed by atoms with Crippen molar-refractivity contribution in [2.75, 3.05) is 18.8 Å². The minimum absolute atomic E-state index is 0.00335. The number of anilines is 1. The third-order valence-corrected chi connectivity index (χ3v) is 6.02. The summed E-state index contributed by atoms with van der Waals surface area (Å²) in [7, 11) is 0. The van der Waals surface area contributed by atoms with Gasteiger partial charge in [0, 0.05) is 49.0 Å². The Balaban J connectivity index is 1.50. The third-order valence-electron chi connectivity index (χ3n) is 6.02. The Morgan fingerprint density at radius 1 is 1.16 bits per heavy atom. The summed E-state index contributed by atoms with van der Waals surface area (Å²) in [5, 5.41) is 13.5. The van der Waals surface area contributed by atoms with Crippen LogP contribution in [0.1, 0.15) is 12.5 Å². The van der Waals surface area contributed by atoms with E-state index in [9.17, 15) is 18.0 Å². The minimum Gasteiger partial charge on any atom is -0.454 e. The highest BCUT2D eigenvalue weighted by atomic mass is 19.2. The molecule has 1 aliphatic heterocycles. The normalized spacial score (nSPS) is 15.3. The fourth-order valence-corrected chi connectivity index (χ4v) is 4.28. The second-order valence-corrected chi connectivity index (χ2v) is 8.38. The van der Waals surface area contributed by atoms with Crippen molar-refractivity contribution in [1.29, 1.82) is 5.26 Å². The summed E-state index contributed by atoms with van der Waals surface area (Å²) in [5.41, 5.74) is 6.55. The second-order valence-electron chi connectivity index (χ2n) is 8.38. The molecule has 0 saturated carbocycles. The van der Waals surface area contributed by atoms with Crippen LogP contribution in [-0.4, -0.2) is 43.6 Å². The molecule has 0 bridgehead atoms. The molecule has 3 heterocycles. The van der Waals surface area contributed by atoms with Crippen LogP contribution in [0.15, 0.2) is 48.8 Å². The molecule has 38 heavy (non-hydrogen) atoms. The zero-order chi connectivity index (χ0) is 27.0. The lowest BCUT2D eigenvalue weighted by atomic mass is 10.1. The van der Waals surface area contributed by atoms with Crippen LogP contribution < -0.4 is 10.5 Å². The van der Waals surface area contributed by atoms with Crippen molar-refractivity contribution in [3.63, 3.8) is 0 Å². The molecule has 1 saturated heterocycles. The van der Waals surface area contributed by atoms with Gasteiger partial charge in [-0.3, -0.25) is 4.79 Å². The largest absolute Gasteiger partial charge is 0.454 e. The van der Waals surface area contributed by atoms with Crippen molar-refractivity contribution in [3.05, 3.63) is 72.1 Å². The van der Waals surface area contributed by atoms with Crippen molar-refractivity contribution in [2.24, 2.45) is 0 Å². The van der Waals surface area contributed by atoms with Crippen LogP contribution in [0.4, 0.5) is 23.4 Å². The Morgan fingerprint density at radius 2 is 1.97 bits per heavy atom. The number of benzene rings is 2. The van der Waals surface area contributed by atoms with E-state index in [4.69, 9.17) is 15.7 Å². The van der Waals surface area contributed by atoms with Crippen LogP contribution in [0.5, 0.6) is 11.5 Å². The fraction of sp³-hybridized carbons (Fsp3) is 0.160. The number of nitrogens with two attached hydrogens (primary N) is 1.